The highest BCUT2D eigenvalue weighted by Gasteiger charge is 2.32. The molecule has 0 unspecified atom stereocenters. The molecule has 0 aliphatic rings. The van der Waals surface area contributed by atoms with Crippen LogP contribution < -0.4 is 14.8 Å². The molecular formula is C17H14F5NO3. The lowest BCUT2D eigenvalue weighted by Gasteiger charge is -2.15. The predicted molar refractivity (Wildman–Crippen MR) is 83.8 cm³/mol. The van der Waals surface area contributed by atoms with E-state index in [2.05, 4.69) is 10.1 Å². The van der Waals surface area contributed by atoms with Crippen molar-refractivity contribution < 1.29 is 36.2 Å². The van der Waals surface area contributed by atoms with E-state index in [-0.39, 0.29) is 22.6 Å². The molecule has 1 N–H and O–H groups in total. The van der Waals surface area contributed by atoms with Crippen LogP contribution in [0.1, 0.15) is 21.5 Å². The van der Waals surface area contributed by atoms with Gasteiger partial charge in [0.2, 0.25) is 0 Å². The number of alkyl halides is 5. The number of carbonyl (C=O) groups is 1. The van der Waals surface area contributed by atoms with Crippen LogP contribution in [0.4, 0.5) is 27.6 Å². The van der Waals surface area contributed by atoms with Gasteiger partial charge in [-0.15, -0.1) is 0 Å². The van der Waals surface area contributed by atoms with E-state index in [1.807, 2.05) is 0 Å². The third-order valence-electron chi connectivity index (χ3n) is 3.45. The van der Waals surface area contributed by atoms with E-state index >= 15 is 0 Å². The van der Waals surface area contributed by atoms with Crippen LogP contribution in [0.15, 0.2) is 36.4 Å². The summed E-state index contributed by atoms with van der Waals surface area (Å²) in [6.07, 6.45) is -4.59. The maximum absolute atomic E-state index is 13.0. The fourth-order valence-electron chi connectivity index (χ4n) is 2.27. The molecule has 1 amide bonds. The summed E-state index contributed by atoms with van der Waals surface area (Å²) in [6, 6.07) is 7.09. The van der Waals surface area contributed by atoms with Crippen molar-refractivity contribution in [3.05, 3.63) is 53.1 Å². The minimum Gasteiger partial charge on any atom is -0.493 e. The highest BCUT2D eigenvalue weighted by atomic mass is 19.4. The lowest BCUT2D eigenvalue weighted by Crippen LogP contribution is -2.16. The summed E-state index contributed by atoms with van der Waals surface area (Å²) < 4.78 is 73.3. The fourth-order valence-corrected chi connectivity index (χ4v) is 2.27. The number of hydrogen-bond donors (Lipinski definition) is 1. The van der Waals surface area contributed by atoms with Crippen molar-refractivity contribution in [1.82, 2.24) is 0 Å². The molecule has 2 aromatic carbocycles. The van der Waals surface area contributed by atoms with E-state index in [1.165, 1.54) is 44.4 Å². The number of ether oxygens (including phenoxy) is 2. The van der Waals surface area contributed by atoms with E-state index in [1.54, 1.807) is 0 Å². The monoisotopic (exact) mass is 375 g/mol. The average Bonchev–Trinajstić information content (AvgIpc) is 2.55. The second-order valence-electron chi connectivity index (χ2n) is 5.20. The van der Waals surface area contributed by atoms with Crippen molar-refractivity contribution in [2.75, 3.05) is 12.4 Å². The standard InChI is InChI=1S/C17H14F5NO3/c1-9-6-7-10(8-12(9)17(20,21)22)23-15(24)11-4-3-5-13(25-2)14(11)26-16(18)19/h3-8,16H,1-2H3,(H,23,24). The second kappa shape index (κ2) is 7.59. The maximum Gasteiger partial charge on any atom is 0.416 e. The number of anilines is 1. The Labute approximate surface area is 145 Å². The van der Waals surface area contributed by atoms with Crippen LogP contribution in [0, 0.1) is 6.92 Å². The second-order valence-corrected chi connectivity index (χ2v) is 5.20. The van der Waals surface area contributed by atoms with Gasteiger partial charge in [-0.1, -0.05) is 12.1 Å². The van der Waals surface area contributed by atoms with Gasteiger partial charge in [0, 0.05) is 5.69 Å². The van der Waals surface area contributed by atoms with E-state index in [0.717, 1.165) is 6.07 Å². The van der Waals surface area contributed by atoms with Gasteiger partial charge in [0.1, 0.15) is 0 Å². The smallest absolute Gasteiger partial charge is 0.416 e. The van der Waals surface area contributed by atoms with E-state index < -0.39 is 30.0 Å². The first kappa shape index (κ1) is 19.5. The molecule has 0 aromatic heterocycles. The minimum atomic E-state index is -4.59. The van der Waals surface area contributed by atoms with Gasteiger partial charge in [-0.3, -0.25) is 4.79 Å². The van der Waals surface area contributed by atoms with Crippen LogP contribution in [-0.2, 0) is 6.18 Å². The number of amides is 1. The van der Waals surface area contributed by atoms with Crippen molar-refractivity contribution in [2.45, 2.75) is 19.7 Å². The Kier molecular flexibility index (Phi) is 5.69. The Morgan fingerprint density at radius 3 is 2.42 bits per heavy atom. The summed E-state index contributed by atoms with van der Waals surface area (Å²) in [6.45, 7) is -1.93. The zero-order valence-electron chi connectivity index (χ0n) is 13.7. The first-order chi connectivity index (χ1) is 12.1. The molecule has 0 aliphatic carbocycles. The molecule has 0 atom stereocenters. The van der Waals surface area contributed by atoms with Crippen LogP contribution in [0.25, 0.3) is 0 Å². The van der Waals surface area contributed by atoms with Crippen LogP contribution in [-0.4, -0.2) is 19.6 Å². The summed E-state index contributed by atoms with van der Waals surface area (Å²) >= 11 is 0. The van der Waals surface area contributed by atoms with Crippen molar-refractivity contribution in [3.63, 3.8) is 0 Å². The van der Waals surface area contributed by atoms with E-state index in [9.17, 15) is 26.7 Å². The van der Waals surface area contributed by atoms with Crippen molar-refractivity contribution in [2.24, 2.45) is 0 Å². The van der Waals surface area contributed by atoms with E-state index in [4.69, 9.17) is 4.74 Å². The normalized spacial score (nSPS) is 11.4. The third kappa shape index (κ3) is 4.41. The summed E-state index contributed by atoms with van der Waals surface area (Å²) in [5, 5.41) is 2.24. The largest absolute Gasteiger partial charge is 0.493 e. The fraction of sp³-hybridized carbons (Fsp3) is 0.235. The molecule has 0 heterocycles. The molecule has 0 fully saturated rings. The topological polar surface area (TPSA) is 47.6 Å². The molecule has 9 heteroatoms. The number of methoxy groups -OCH3 is 1. The molecule has 4 nitrogen and oxygen atoms in total. The van der Waals surface area contributed by atoms with Gasteiger partial charge in [-0.25, -0.2) is 0 Å². The number of nitrogens with one attached hydrogen (secondary N) is 1. The molecule has 0 spiro atoms. The van der Waals surface area contributed by atoms with Crippen LogP contribution in [0.3, 0.4) is 0 Å². The Morgan fingerprint density at radius 2 is 1.85 bits per heavy atom. The average molecular weight is 375 g/mol. The first-order valence-electron chi connectivity index (χ1n) is 7.24. The summed E-state index contributed by atoms with van der Waals surface area (Å²) in [5.74, 6) is -1.54. The molecule has 2 rings (SSSR count). The van der Waals surface area contributed by atoms with Crippen molar-refractivity contribution in [1.29, 1.82) is 0 Å². The van der Waals surface area contributed by atoms with Gasteiger partial charge in [0.05, 0.1) is 18.2 Å². The molecule has 0 aliphatic heterocycles. The van der Waals surface area contributed by atoms with Crippen LogP contribution in [0.2, 0.25) is 0 Å². The molecule has 0 bridgehead atoms. The van der Waals surface area contributed by atoms with Crippen LogP contribution >= 0.6 is 0 Å². The van der Waals surface area contributed by atoms with Gasteiger partial charge in [-0.2, -0.15) is 22.0 Å². The molecule has 26 heavy (non-hydrogen) atoms. The molecule has 140 valence electrons. The van der Waals surface area contributed by atoms with Gasteiger partial charge < -0.3 is 14.8 Å². The molecule has 2 aromatic rings. The van der Waals surface area contributed by atoms with Gasteiger partial charge >= 0.3 is 12.8 Å². The van der Waals surface area contributed by atoms with Gasteiger partial charge in [0.25, 0.3) is 5.91 Å². The van der Waals surface area contributed by atoms with Crippen molar-refractivity contribution >= 4 is 11.6 Å². The maximum atomic E-state index is 13.0. The highest BCUT2D eigenvalue weighted by Crippen LogP contribution is 2.35. The SMILES string of the molecule is COc1cccc(C(=O)Nc2ccc(C)c(C(F)(F)F)c2)c1OC(F)F. The lowest BCUT2D eigenvalue weighted by atomic mass is 10.1. The van der Waals surface area contributed by atoms with Crippen LogP contribution in [0.5, 0.6) is 11.5 Å². The number of carbonyl (C=O) groups excluding carboxylic acids is 1. The highest BCUT2D eigenvalue weighted by molar-refractivity contribution is 6.06. The van der Waals surface area contributed by atoms with Gasteiger partial charge in [-0.05, 0) is 36.8 Å². The molecular weight excluding hydrogens is 361 g/mol. The predicted octanol–water partition coefficient (Wildman–Crippen LogP) is 4.88. The first-order valence-corrected chi connectivity index (χ1v) is 7.24. The summed E-state index contributed by atoms with van der Waals surface area (Å²) in [5.41, 5.74) is -1.37. The minimum absolute atomic E-state index is 0.0152. The molecule has 0 saturated heterocycles. The Balaban J connectivity index is 2.37. The lowest BCUT2D eigenvalue weighted by molar-refractivity contribution is -0.138. The molecule has 0 radical (unpaired) electrons. The van der Waals surface area contributed by atoms with Gasteiger partial charge in [0.15, 0.2) is 11.5 Å². The Bertz CT molecular complexity index is 805. The van der Waals surface area contributed by atoms with E-state index in [0.29, 0.717) is 0 Å². The number of hydrogen-bond acceptors (Lipinski definition) is 3. The number of rotatable bonds is 5. The number of aryl methyl sites for hydroxylation is 1. The van der Waals surface area contributed by atoms with Crippen molar-refractivity contribution in [3.8, 4) is 11.5 Å². The third-order valence-corrected chi connectivity index (χ3v) is 3.45. The molecule has 0 saturated carbocycles. The summed E-state index contributed by atoms with van der Waals surface area (Å²) in [7, 11) is 1.20. The number of benzene rings is 2. The quantitative estimate of drug-likeness (QED) is 0.758. The number of para-hydroxylation sites is 1. The zero-order valence-corrected chi connectivity index (χ0v) is 13.7. The Morgan fingerprint density at radius 1 is 1.15 bits per heavy atom. The number of halogens is 5. The Hall–Kier alpha value is -2.84. The zero-order chi connectivity index (χ0) is 19.5. The summed E-state index contributed by atoms with van der Waals surface area (Å²) in [4.78, 5) is 12.4.